The molecule has 3 heterocycles. The predicted molar refractivity (Wildman–Crippen MR) is 116 cm³/mol. The molecule has 168 valence electrons. The van der Waals surface area contributed by atoms with E-state index in [1.165, 1.54) is 30.0 Å². The number of benzene rings is 1. The van der Waals surface area contributed by atoms with E-state index in [0.717, 1.165) is 5.69 Å². The molecule has 4 rings (SSSR count). The van der Waals surface area contributed by atoms with Crippen LogP contribution in [0.25, 0.3) is 16.4 Å². The normalized spacial score (nSPS) is 13.6. The molecule has 0 saturated heterocycles. The first-order valence-electron chi connectivity index (χ1n) is 10.1. The number of rotatable bonds is 7. The monoisotopic (exact) mass is 441 g/mol. The van der Waals surface area contributed by atoms with E-state index in [-0.39, 0.29) is 23.4 Å². The zero-order valence-corrected chi connectivity index (χ0v) is 18.4. The molecule has 0 aliphatic rings. The van der Waals surface area contributed by atoms with Gasteiger partial charge in [0.05, 0.1) is 6.20 Å². The summed E-state index contributed by atoms with van der Waals surface area (Å²) in [5.41, 5.74) is 0.824. The van der Waals surface area contributed by atoms with E-state index in [1.54, 1.807) is 19.1 Å². The highest BCUT2D eigenvalue weighted by Gasteiger charge is 2.37. The van der Waals surface area contributed by atoms with Gasteiger partial charge in [0.1, 0.15) is 17.6 Å². The van der Waals surface area contributed by atoms with E-state index >= 15 is 4.39 Å². The molecule has 1 atom stereocenters. The molecule has 0 fully saturated rings. The van der Waals surface area contributed by atoms with Crippen molar-refractivity contribution in [2.75, 3.05) is 0 Å². The van der Waals surface area contributed by atoms with E-state index < -0.39 is 17.5 Å². The van der Waals surface area contributed by atoms with Crippen LogP contribution in [0.3, 0.4) is 0 Å². The Bertz CT molecular complexity index is 1330. The zero-order chi connectivity index (χ0) is 23.2. The van der Waals surface area contributed by atoms with E-state index in [1.807, 2.05) is 20.8 Å². The molecule has 0 bridgehead atoms. The van der Waals surface area contributed by atoms with E-state index in [9.17, 15) is 9.90 Å². The molecule has 32 heavy (non-hydrogen) atoms. The minimum absolute atomic E-state index is 0.0111. The van der Waals surface area contributed by atoms with Crippen LogP contribution >= 0.6 is 0 Å². The molecule has 10 heteroatoms. The van der Waals surface area contributed by atoms with Gasteiger partial charge in [-0.05, 0) is 45.9 Å². The van der Waals surface area contributed by atoms with Crippen molar-refractivity contribution in [1.82, 2.24) is 24.9 Å². The van der Waals surface area contributed by atoms with Gasteiger partial charge >= 0.3 is 5.97 Å². The van der Waals surface area contributed by atoms with Gasteiger partial charge in [-0.2, -0.15) is 10.1 Å². The van der Waals surface area contributed by atoms with Gasteiger partial charge in [-0.25, -0.2) is 13.7 Å². The first-order chi connectivity index (χ1) is 15.1. The molecule has 0 saturated carbocycles. The van der Waals surface area contributed by atoms with Crippen molar-refractivity contribution in [3.63, 3.8) is 0 Å². The molecular formula is C22H24FN5O4. The topological polar surface area (TPSA) is 114 Å². The van der Waals surface area contributed by atoms with Gasteiger partial charge in [0.25, 0.3) is 5.72 Å². The van der Waals surface area contributed by atoms with Crippen LogP contribution in [0.4, 0.5) is 4.39 Å². The average molecular weight is 441 g/mol. The number of halogens is 1. The van der Waals surface area contributed by atoms with Crippen molar-refractivity contribution in [2.24, 2.45) is 0 Å². The minimum Gasteiger partial charge on any atom is -0.477 e. The molecule has 0 unspecified atom stereocenters. The fraction of sp³-hybridized carbons (Fsp3) is 0.318. The van der Waals surface area contributed by atoms with Crippen LogP contribution in [0.1, 0.15) is 32.0 Å². The van der Waals surface area contributed by atoms with Crippen molar-refractivity contribution in [3.05, 3.63) is 47.8 Å². The molecule has 3 N–H and O–H groups in total. The summed E-state index contributed by atoms with van der Waals surface area (Å²) in [4.78, 5) is 19.1. The average Bonchev–Trinajstić information content (AvgIpc) is 3.24. The van der Waals surface area contributed by atoms with Crippen LogP contribution in [0.15, 0.2) is 30.7 Å². The number of aromatic nitrogens is 4. The summed E-state index contributed by atoms with van der Waals surface area (Å²) in [5, 5.41) is 17.2. The van der Waals surface area contributed by atoms with Crippen LogP contribution in [0, 0.1) is 19.7 Å². The number of H-pyrrole nitrogens is 1. The van der Waals surface area contributed by atoms with Crippen LogP contribution < -0.4 is 14.8 Å². The maximum atomic E-state index is 15.0. The number of ether oxygens (including phenoxy) is 2. The summed E-state index contributed by atoms with van der Waals surface area (Å²) in [7, 11) is 0. The van der Waals surface area contributed by atoms with Gasteiger partial charge in [0, 0.05) is 35.1 Å². The summed E-state index contributed by atoms with van der Waals surface area (Å²) < 4.78 is 28.1. The maximum Gasteiger partial charge on any atom is 0.363 e. The lowest BCUT2D eigenvalue weighted by atomic mass is 10.2. The largest absolute Gasteiger partial charge is 0.477 e. The highest BCUT2D eigenvalue weighted by atomic mass is 19.1. The van der Waals surface area contributed by atoms with Gasteiger partial charge in [0.15, 0.2) is 11.6 Å². The lowest BCUT2D eigenvalue weighted by Gasteiger charge is -2.29. The van der Waals surface area contributed by atoms with E-state index in [2.05, 4.69) is 20.4 Å². The third kappa shape index (κ3) is 3.73. The van der Waals surface area contributed by atoms with Crippen molar-refractivity contribution >= 4 is 22.4 Å². The Balaban J connectivity index is 1.74. The Morgan fingerprint density at radius 2 is 2.06 bits per heavy atom. The van der Waals surface area contributed by atoms with Gasteiger partial charge < -0.3 is 19.6 Å². The number of hydrogen-bond donors (Lipinski definition) is 3. The molecule has 9 nitrogen and oxygen atoms in total. The molecule has 0 radical (unpaired) electrons. The van der Waals surface area contributed by atoms with Crippen molar-refractivity contribution in [1.29, 1.82) is 0 Å². The number of nitrogens with one attached hydrogen (secondary N) is 2. The summed E-state index contributed by atoms with van der Waals surface area (Å²) in [6.45, 7) is 8.65. The minimum atomic E-state index is -1.67. The smallest absolute Gasteiger partial charge is 0.363 e. The Kier molecular flexibility index (Phi) is 5.25. The molecule has 0 aliphatic heterocycles. The predicted octanol–water partition coefficient (Wildman–Crippen LogP) is 3.94. The van der Waals surface area contributed by atoms with Crippen LogP contribution in [0.5, 0.6) is 17.4 Å². The summed E-state index contributed by atoms with van der Waals surface area (Å²) in [6.07, 6.45) is 2.81. The second-order valence-corrected chi connectivity index (χ2v) is 8.11. The number of carbonyl (C=O) groups is 1. The zero-order valence-electron chi connectivity index (χ0n) is 18.4. The first-order valence-corrected chi connectivity index (χ1v) is 10.1. The van der Waals surface area contributed by atoms with Gasteiger partial charge in [0.2, 0.25) is 5.88 Å². The molecule has 0 spiro atoms. The molecule has 4 aromatic rings. The second kappa shape index (κ2) is 7.79. The number of carboxylic acid groups (broad SMARTS) is 1. The molecule has 3 aromatic heterocycles. The third-order valence-electron chi connectivity index (χ3n) is 5.08. The number of nitrogens with zero attached hydrogens (tertiary/aromatic N) is 3. The van der Waals surface area contributed by atoms with Gasteiger partial charge in [-0.3, -0.25) is 5.32 Å². The molecule has 0 amide bonds. The Hall–Kier alpha value is -3.66. The van der Waals surface area contributed by atoms with E-state index in [0.29, 0.717) is 22.0 Å². The lowest BCUT2D eigenvalue weighted by Crippen LogP contribution is -2.56. The SMILES string of the molecule is Cc1cc2c(F)c(Oc3ncnn4cc(O[C@](C)(NC(C)C)C(=O)O)c(C)c34)ccc2[nH]1. The maximum absolute atomic E-state index is 15.0. The summed E-state index contributed by atoms with van der Waals surface area (Å²) in [6, 6.07) is 4.82. The standard InChI is InChI=1S/C22H24FN5O4/c1-11(2)27-22(5,21(29)30)32-17-9-28-19(13(17)4)20(24-10-25-28)31-16-7-6-15-14(18(16)23)8-12(3)26-15/h6-11,26-27H,1-5H3,(H,29,30)/t22-/m0/s1. The van der Waals surface area contributed by atoms with Crippen molar-refractivity contribution in [3.8, 4) is 17.4 Å². The molecular weight excluding hydrogens is 417 g/mol. The highest BCUT2D eigenvalue weighted by molar-refractivity contribution is 5.83. The van der Waals surface area contributed by atoms with Crippen LogP contribution in [-0.2, 0) is 4.79 Å². The number of hydrogen-bond acceptors (Lipinski definition) is 6. The number of fused-ring (bicyclic) bond motifs is 2. The quantitative estimate of drug-likeness (QED) is 0.372. The summed E-state index contributed by atoms with van der Waals surface area (Å²) in [5.74, 6) is -1.27. The fourth-order valence-electron chi connectivity index (χ4n) is 3.66. The van der Waals surface area contributed by atoms with Crippen molar-refractivity contribution in [2.45, 2.75) is 46.4 Å². The third-order valence-corrected chi connectivity index (χ3v) is 5.08. The molecule has 0 aliphatic carbocycles. The number of aromatic amines is 1. The van der Waals surface area contributed by atoms with Gasteiger partial charge in [-0.1, -0.05) is 0 Å². The Morgan fingerprint density at radius 1 is 1.31 bits per heavy atom. The van der Waals surface area contributed by atoms with Crippen LogP contribution in [0.2, 0.25) is 0 Å². The summed E-state index contributed by atoms with van der Waals surface area (Å²) >= 11 is 0. The van der Waals surface area contributed by atoms with Gasteiger partial charge in [-0.15, -0.1) is 0 Å². The second-order valence-electron chi connectivity index (χ2n) is 8.11. The number of carboxylic acids is 1. The first kappa shape index (κ1) is 21.6. The molecule has 1 aromatic carbocycles. The Labute approximate surface area is 183 Å². The fourth-order valence-corrected chi connectivity index (χ4v) is 3.66. The van der Waals surface area contributed by atoms with Crippen molar-refractivity contribution < 1.29 is 23.8 Å². The Morgan fingerprint density at radius 3 is 2.75 bits per heavy atom. The number of aliphatic carboxylic acids is 1. The highest BCUT2D eigenvalue weighted by Crippen LogP contribution is 2.35. The van der Waals surface area contributed by atoms with Crippen LogP contribution in [-0.4, -0.2) is 42.4 Å². The van der Waals surface area contributed by atoms with E-state index in [4.69, 9.17) is 9.47 Å². The number of aryl methyl sites for hydroxylation is 2. The lowest BCUT2D eigenvalue weighted by molar-refractivity contribution is -0.157.